The number of aliphatic hydroxyl groups excluding tert-OH is 1. The first-order valence-corrected chi connectivity index (χ1v) is 8.16. The van der Waals surface area contributed by atoms with E-state index in [-0.39, 0.29) is 5.92 Å². The standard InChI is InChI=1S/C17H26ClNO2/c1-11-3-5-12(6-4-11)17(20)15(10-19)14-9-13(18)7-8-16(14)21-2/h7-9,11-12,15,17,20H,3-6,10,19H2,1-2H3. The minimum absolute atomic E-state index is 0.128. The first-order chi connectivity index (χ1) is 10.1. The van der Waals surface area contributed by atoms with Crippen LogP contribution < -0.4 is 10.5 Å². The third kappa shape index (κ3) is 3.91. The second-order valence-corrected chi connectivity index (χ2v) is 6.68. The van der Waals surface area contributed by atoms with Gasteiger partial charge < -0.3 is 15.6 Å². The van der Waals surface area contributed by atoms with Crippen molar-refractivity contribution in [2.24, 2.45) is 17.6 Å². The summed E-state index contributed by atoms with van der Waals surface area (Å²) in [6, 6.07) is 5.51. The van der Waals surface area contributed by atoms with Crippen molar-refractivity contribution in [2.75, 3.05) is 13.7 Å². The summed E-state index contributed by atoms with van der Waals surface area (Å²) >= 11 is 6.11. The lowest BCUT2D eigenvalue weighted by Crippen LogP contribution is -2.34. The van der Waals surface area contributed by atoms with E-state index in [2.05, 4.69) is 6.92 Å². The van der Waals surface area contributed by atoms with Gasteiger partial charge in [0.25, 0.3) is 0 Å². The Morgan fingerprint density at radius 2 is 2.00 bits per heavy atom. The first kappa shape index (κ1) is 16.6. The molecule has 0 heterocycles. The van der Waals surface area contributed by atoms with Gasteiger partial charge in [-0.3, -0.25) is 0 Å². The van der Waals surface area contributed by atoms with Gasteiger partial charge in [0.15, 0.2) is 0 Å². The summed E-state index contributed by atoms with van der Waals surface area (Å²) < 4.78 is 5.41. The average Bonchev–Trinajstić information content (AvgIpc) is 2.49. The predicted octanol–water partition coefficient (Wildman–Crippen LogP) is 3.58. The Bertz CT molecular complexity index is 458. The number of rotatable bonds is 5. The molecular formula is C17H26ClNO2. The SMILES string of the molecule is COc1ccc(Cl)cc1C(CN)C(O)C1CCC(C)CC1. The summed E-state index contributed by atoms with van der Waals surface area (Å²) in [6.45, 7) is 2.67. The monoisotopic (exact) mass is 311 g/mol. The molecular weight excluding hydrogens is 286 g/mol. The molecule has 0 radical (unpaired) electrons. The van der Waals surface area contributed by atoms with Crippen LogP contribution in [0.5, 0.6) is 5.75 Å². The largest absolute Gasteiger partial charge is 0.496 e. The van der Waals surface area contributed by atoms with Crippen LogP contribution in [0.3, 0.4) is 0 Å². The summed E-state index contributed by atoms with van der Waals surface area (Å²) in [5.74, 6) is 1.71. The van der Waals surface area contributed by atoms with E-state index in [0.717, 1.165) is 30.1 Å². The molecule has 0 aliphatic heterocycles. The van der Waals surface area contributed by atoms with Crippen LogP contribution in [0.15, 0.2) is 18.2 Å². The molecule has 4 heteroatoms. The second kappa shape index (κ2) is 7.48. The van der Waals surface area contributed by atoms with E-state index >= 15 is 0 Å². The molecule has 0 amide bonds. The van der Waals surface area contributed by atoms with Crippen LogP contribution in [0.25, 0.3) is 0 Å². The molecule has 1 aromatic rings. The maximum atomic E-state index is 10.8. The predicted molar refractivity (Wildman–Crippen MR) is 86.9 cm³/mol. The molecule has 3 N–H and O–H groups in total. The number of halogens is 1. The molecule has 2 atom stereocenters. The van der Waals surface area contributed by atoms with Crippen LogP contribution in [0.4, 0.5) is 0 Å². The van der Waals surface area contributed by atoms with Gasteiger partial charge in [-0.15, -0.1) is 0 Å². The molecule has 2 rings (SSSR count). The number of hydrogen-bond donors (Lipinski definition) is 2. The molecule has 0 saturated heterocycles. The van der Waals surface area contributed by atoms with Gasteiger partial charge in [0.05, 0.1) is 13.2 Å². The Kier molecular flexibility index (Phi) is 5.91. The Morgan fingerprint density at radius 1 is 1.33 bits per heavy atom. The molecule has 0 spiro atoms. The zero-order chi connectivity index (χ0) is 15.4. The Morgan fingerprint density at radius 3 is 2.57 bits per heavy atom. The van der Waals surface area contributed by atoms with Crippen molar-refractivity contribution in [1.82, 2.24) is 0 Å². The van der Waals surface area contributed by atoms with E-state index in [4.69, 9.17) is 22.1 Å². The Balaban J connectivity index is 2.20. The van der Waals surface area contributed by atoms with Crippen molar-refractivity contribution in [3.05, 3.63) is 28.8 Å². The summed E-state index contributed by atoms with van der Waals surface area (Å²) in [4.78, 5) is 0. The molecule has 3 nitrogen and oxygen atoms in total. The van der Waals surface area contributed by atoms with Crippen LogP contribution in [0.1, 0.15) is 44.1 Å². The van der Waals surface area contributed by atoms with Gasteiger partial charge in [0.1, 0.15) is 5.75 Å². The van der Waals surface area contributed by atoms with Gasteiger partial charge in [0.2, 0.25) is 0 Å². The molecule has 1 aromatic carbocycles. The topological polar surface area (TPSA) is 55.5 Å². The molecule has 1 aliphatic carbocycles. The fraction of sp³-hybridized carbons (Fsp3) is 0.647. The lowest BCUT2D eigenvalue weighted by Gasteiger charge is -2.34. The Hall–Kier alpha value is -0.770. The number of hydrogen-bond acceptors (Lipinski definition) is 3. The third-order valence-electron chi connectivity index (χ3n) is 4.80. The summed E-state index contributed by atoms with van der Waals surface area (Å²) in [7, 11) is 1.63. The molecule has 1 saturated carbocycles. The van der Waals surface area contributed by atoms with Gasteiger partial charge in [-0.05, 0) is 42.9 Å². The molecule has 0 aromatic heterocycles. The van der Waals surface area contributed by atoms with Crippen molar-refractivity contribution in [1.29, 1.82) is 0 Å². The molecule has 1 fully saturated rings. The zero-order valence-electron chi connectivity index (χ0n) is 12.9. The van der Waals surface area contributed by atoms with Crippen molar-refractivity contribution < 1.29 is 9.84 Å². The molecule has 21 heavy (non-hydrogen) atoms. The smallest absolute Gasteiger partial charge is 0.122 e. The zero-order valence-corrected chi connectivity index (χ0v) is 13.6. The van der Waals surface area contributed by atoms with E-state index in [9.17, 15) is 5.11 Å². The number of aliphatic hydroxyl groups is 1. The fourth-order valence-electron chi connectivity index (χ4n) is 3.40. The van der Waals surface area contributed by atoms with Gasteiger partial charge in [0, 0.05) is 23.0 Å². The highest BCUT2D eigenvalue weighted by atomic mass is 35.5. The summed E-state index contributed by atoms with van der Waals surface area (Å²) in [5, 5.41) is 11.5. The van der Waals surface area contributed by atoms with Crippen LogP contribution in [0.2, 0.25) is 5.02 Å². The Labute approximate surface area is 132 Å². The van der Waals surface area contributed by atoms with Gasteiger partial charge in [-0.1, -0.05) is 31.4 Å². The highest BCUT2D eigenvalue weighted by molar-refractivity contribution is 6.30. The third-order valence-corrected chi connectivity index (χ3v) is 5.04. The molecule has 2 unspecified atom stereocenters. The van der Waals surface area contributed by atoms with Gasteiger partial charge >= 0.3 is 0 Å². The van der Waals surface area contributed by atoms with Crippen molar-refractivity contribution in [3.63, 3.8) is 0 Å². The maximum Gasteiger partial charge on any atom is 0.122 e. The second-order valence-electron chi connectivity index (χ2n) is 6.24. The van der Waals surface area contributed by atoms with Crippen LogP contribution >= 0.6 is 11.6 Å². The molecule has 118 valence electrons. The number of benzene rings is 1. The van der Waals surface area contributed by atoms with E-state index in [0.29, 0.717) is 17.5 Å². The van der Waals surface area contributed by atoms with E-state index in [1.165, 1.54) is 12.8 Å². The minimum atomic E-state index is -0.435. The highest BCUT2D eigenvalue weighted by Crippen LogP contribution is 2.38. The number of nitrogens with two attached hydrogens (primary N) is 1. The van der Waals surface area contributed by atoms with E-state index in [1.54, 1.807) is 13.2 Å². The number of ether oxygens (including phenoxy) is 1. The minimum Gasteiger partial charge on any atom is -0.496 e. The van der Waals surface area contributed by atoms with Crippen LogP contribution in [-0.4, -0.2) is 24.9 Å². The quantitative estimate of drug-likeness (QED) is 0.874. The van der Waals surface area contributed by atoms with E-state index in [1.807, 2.05) is 12.1 Å². The summed E-state index contributed by atoms with van der Waals surface area (Å²) in [6.07, 6.45) is 4.08. The lowest BCUT2D eigenvalue weighted by atomic mass is 9.75. The fourth-order valence-corrected chi connectivity index (χ4v) is 3.58. The van der Waals surface area contributed by atoms with Gasteiger partial charge in [-0.25, -0.2) is 0 Å². The number of methoxy groups -OCH3 is 1. The van der Waals surface area contributed by atoms with E-state index < -0.39 is 6.10 Å². The average molecular weight is 312 g/mol. The van der Waals surface area contributed by atoms with Crippen LogP contribution in [-0.2, 0) is 0 Å². The van der Waals surface area contributed by atoms with Crippen LogP contribution in [0, 0.1) is 11.8 Å². The maximum absolute atomic E-state index is 10.8. The normalized spacial score (nSPS) is 25.4. The highest BCUT2D eigenvalue weighted by Gasteiger charge is 2.32. The molecule has 0 bridgehead atoms. The van der Waals surface area contributed by atoms with Crippen molar-refractivity contribution in [2.45, 2.75) is 44.6 Å². The van der Waals surface area contributed by atoms with Gasteiger partial charge in [-0.2, -0.15) is 0 Å². The lowest BCUT2D eigenvalue weighted by molar-refractivity contribution is 0.0542. The molecule has 1 aliphatic rings. The van der Waals surface area contributed by atoms with Crippen molar-refractivity contribution >= 4 is 11.6 Å². The first-order valence-electron chi connectivity index (χ1n) is 7.78. The van der Waals surface area contributed by atoms with Crippen molar-refractivity contribution in [3.8, 4) is 5.75 Å². The summed E-state index contributed by atoms with van der Waals surface area (Å²) in [5.41, 5.74) is 6.87.